The molecular weight excluding hydrogens is 316 g/mol. The van der Waals surface area contributed by atoms with Crippen LogP contribution in [-0.2, 0) is 14.4 Å². The number of ketones is 3. The molecule has 4 aliphatic rings. The van der Waals surface area contributed by atoms with Crippen molar-refractivity contribution in [2.75, 3.05) is 0 Å². The van der Waals surface area contributed by atoms with Crippen LogP contribution in [0.5, 0.6) is 0 Å². The van der Waals surface area contributed by atoms with Gasteiger partial charge in [0.15, 0.2) is 11.6 Å². The van der Waals surface area contributed by atoms with Gasteiger partial charge in [0, 0.05) is 24.2 Å². The van der Waals surface area contributed by atoms with E-state index in [1.807, 2.05) is 6.92 Å². The molecule has 1 N–H and O–H groups in total. The average Bonchev–Trinajstić information content (AvgIpc) is 2.80. The Kier molecular flexibility index (Phi) is 3.51. The first kappa shape index (κ1) is 17.1. The standard InChI is InChI=1S/C21H28O4/c1-12(22)21(25)9-7-16-15-5-4-13-10-14(23)6-8-19(13,2)18(15)17(24)11-20(16,21)3/h10,15-16,18,25H,4-9,11H2,1-3H3/t15?,16?,18?,19-,20-,21-/m0/s1. The number of rotatable bonds is 1. The van der Waals surface area contributed by atoms with Crippen LogP contribution in [0.15, 0.2) is 11.6 Å². The summed E-state index contributed by atoms with van der Waals surface area (Å²) < 4.78 is 0. The Labute approximate surface area is 149 Å². The van der Waals surface area contributed by atoms with E-state index in [2.05, 4.69) is 6.92 Å². The number of fused-ring (bicyclic) bond motifs is 5. The van der Waals surface area contributed by atoms with Gasteiger partial charge in [-0.05, 0) is 62.4 Å². The van der Waals surface area contributed by atoms with E-state index in [9.17, 15) is 19.5 Å². The van der Waals surface area contributed by atoms with Crippen molar-refractivity contribution in [2.45, 2.75) is 71.3 Å². The molecule has 6 atom stereocenters. The molecule has 0 heterocycles. The molecule has 0 aromatic heterocycles. The van der Waals surface area contributed by atoms with Gasteiger partial charge in [0.25, 0.3) is 0 Å². The summed E-state index contributed by atoms with van der Waals surface area (Å²) in [4.78, 5) is 37.4. The third kappa shape index (κ3) is 2.00. The van der Waals surface area contributed by atoms with Crippen LogP contribution in [0, 0.1) is 28.6 Å². The molecule has 0 radical (unpaired) electrons. The third-order valence-corrected chi connectivity index (χ3v) is 8.39. The minimum Gasteiger partial charge on any atom is -0.381 e. The van der Waals surface area contributed by atoms with Gasteiger partial charge in [-0.3, -0.25) is 14.4 Å². The quantitative estimate of drug-likeness (QED) is 0.794. The lowest BCUT2D eigenvalue weighted by Gasteiger charge is -2.57. The molecule has 0 spiro atoms. The van der Waals surface area contributed by atoms with E-state index in [-0.39, 0.29) is 46.9 Å². The topological polar surface area (TPSA) is 71.4 Å². The highest BCUT2D eigenvalue weighted by molar-refractivity contribution is 5.94. The van der Waals surface area contributed by atoms with Crippen LogP contribution in [0.2, 0.25) is 0 Å². The van der Waals surface area contributed by atoms with Crippen LogP contribution in [0.1, 0.15) is 65.7 Å². The van der Waals surface area contributed by atoms with E-state index in [0.717, 1.165) is 31.3 Å². The number of Topliss-reactive ketones (excluding diaryl/α,β-unsaturated/α-hetero) is 2. The Morgan fingerprint density at radius 3 is 2.56 bits per heavy atom. The lowest BCUT2D eigenvalue weighted by Crippen LogP contribution is -2.60. The van der Waals surface area contributed by atoms with Crippen LogP contribution >= 0.6 is 0 Å². The number of hydrogen-bond donors (Lipinski definition) is 1. The molecule has 4 aliphatic carbocycles. The number of hydrogen-bond acceptors (Lipinski definition) is 4. The highest BCUT2D eigenvalue weighted by Crippen LogP contribution is 2.66. The molecule has 0 aliphatic heterocycles. The molecule has 0 aromatic carbocycles. The summed E-state index contributed by atoms with van der Waals surface area (Å²) in [5.74, 6) is 0.538. The molecule has 0 aromatic rings. The zero-order valence-corrected chi connectivity index (χ0v) is 15.4. The van der Waals surface area contributed by atoms with Crippen molar-refractivity contribution in [1.82, 2.24) is 0 Å². The van der Waals surface area contributed by atoms with E-state index in [1.165, 1.54) is 6.92 Å². The first-order chi connectivity index (χ1) is 11.6. The van der Waals surface area contributed by atoms with Crippen molar-refractivity contribution in [3.05, 3.63) is 11.6 Å². The molecule has 0 saturated heterocycles. The SMILES string of the molecule is CC(=O)[C@@]1(O)CCC2C3CCC4=CC(=O)CC[C@]4(C)C3C(=O)C[C@@]21C. The normalized spacial score (nSPS) is 49.1. The van der Waals surface area contributed by atoms with Crippen LogP contribution in [0.3, 0.4) is 0 Å². The van der Waals surface area contributed by atoms with E-state index in [4.69, 9.17) is 0 Å². The van der Waals surface area contributed by atoms with Crippen LogP contribution < -0.4 is 0 Å². The van der Waals surface area contributed by atoms with Gasteiger partial charge < -0.3 is 5.11 Å². The zero-order valence-electron chi connectivity index (χ0n) is 15.4. The first-order valence-corrected chi connectivity index (χ1v) is 9.63. The smallest absolute Gasteiger partial charge is 0.161 e. The summed E-state index contributed by atoms with van der Waals surface area (Å²) in [5, 5.41) is 11.1. The van der Waals surface area contributed by atoms with Gasteiger partial charge >= 0.3 is 0 Å². The lowest BCUT2D eigenvalue weighted by molar-refractivity contribution is -0.167. The lowest BCUT2D eigenvalue weighted by atomic mass is 9.46. The fourth-order valence-electron chi connectivity index (χ4n) is 6.97. The molecule has 25 heavy (non-hydrogen) atoms. The third-order valence-electron chi connectivity index (χ3n) is 8.39. The fraction of sp³-hybridized carbons (Fsp3) is 0.762. The Hall–Kier alpha value is -1.29. The minimum atomic E-state index is -1.36. The summed E-state index contributed by atoms with van der Waals surface area (Å²) in [7, 11) is 0. The summed E-state index contributed by atoms with van der Waals surface area (Å²) in [6.07, 6.45) is 6.39. The van der Waals surface area contributed by atoms with E-state index in [1.54, 1.807) is 6.08 Å². The second kappa shape index (κ2) is 5.12. The first-order valence-electron chi connectivity index (χ1n) is 9.63. The molecule has 0 amide bonds. The Balaban J connectivity index is 1.77. The molecule has 4 rings (SSSR count). The predicted octanol–water partition coefficient (Wildman–Crippen LogP) is 3.02. The highest BCUT2D eigenvalue weighted by Gasteiger charge is 2.67. The molecule has 4 nitrogen and oxygen atoms in total. The zero-order chi connectivity index (χ0) is 18.2. The van der Waals surface area contributed by atoms with Crippen molar-refractivity contribution in [3.63, 3.8) is 0 Å². The van der Waals surface area contributed by atoms with Crippen molar-refractivity contribution in [3.8, 4) is 0 Å². The van der Waals surface area contributed by atoms with Gasteiger partial charge in [0.1, 0.15) is 11.4 Å². The molecule has 4 heteroatoms. The van der Waals surface area contributed by atoms with Gasteiger partial charge in [-0.2, -0.15) is 0 Å². The number of carbonyl (C=O) groups is 3. The van der Waals surface area contributed by atoms with Gasteiger partial charge in [-0.25, -0.2) is 0 Å². The molecular formula is C21H28O4. The maximum atomic E-state index is 13.3. The van der Waals surface area contributed by atoms with Crippen LogP contribution in [-0.4, -0.2) is 28.1 Å². The van der Waals surface area contributed by atoms with Crippen LogP contribution in [0.25, 0.3) is 0 Å². The van der Waals surface area contributed by atoms with Crippen molar-refractivity contribution < 1.29 is 19.5 Å². The van der Waals surface area contributed by atoms with Gasteiger partial charge in [-0.1, -0.05) is 19.4 Å². The predicted molar refractivity (Wildman–Crippen MR) is 92.7 cm³/mol. The summed E-state index contributed by atoms with van der Waals surface area (Å²) in [6, 6.07) is 0. The van der Waals surface area contributed by atoms with Crippen molar-refractivity contribution >= 4 is 17.3 Å². The number of allylic oxidation sites excluding steroid dienone is 1. The average molecular weight is 344 g/mol. The fourth-order valence-corrected chi connectivity index (χ4v) is 6.97. The minimum absolute atomic E-state index is 0.0621. The Morgan fingerprint density at radius 2 is 1.88 bits per heavy atom. The molecule has 3 unspecified atom stereocenters. The van der Waals surface area contributed by atoms with Gasteiger partial charge in [0.05, 0.1) is 0 Å². The second-order valence-electron chi connectivity index (χ2n) is 9.36. The van der Waals surface area contributed by atoms with Gasteiger partial charge in [-0.15, -0.1) is 0 Å². The summed E-state index contributed by atoms with van der Waals surface area (Å²) >= 11 is 0. The molecule has 136 valence electrons. The van der Waals surface area contributed by atoms with E-state index >= 15 is 0 Å². The maximum absolute atomic E-state index is 13.3. The molecule has 3 saturated carbocycles. The highest BCUT2D eigenvalue weighted by atomic mass is 16.3. The molecule has 3 fully saturated rings. The maximum Gasteiger partial charge on any atom is 0.161 e. The van der Waals surface area contributed by atoms with Crippen molar-refractivity contribution in [1.29, 1.82) is 0 Å². The number of aliphatic hydroxyl groups is 1. The van der Waals surface area contributed by atoms with E-state index < -0.39 is 11.0 Å². The Morgan fingerprint density at radius 1 is 1.16 bits per heavy atom. The van der Waals surface area contributed by atoms with Crippen LogP contribution in [0.4, 0.5) is 0 Å². The molecule has 0 bridgehead atoms. The number of carbonyl (C=O) groups excluding carboxylic acids is 3. The monoisotopic (exact) mass is 344 g/mol. The Bertz CT molecular complexity index is 707. The second-order valence-corrected chi connectivity index (χ2v) is 9.36. The van der Waals surface area contributed by atoms with Gasteiger partial charge in [0.2, 0.25) is 0 Å². The summed E-state index contributed by atoms with van der Waals surface area (Å²) in [5.41, 5.74) is -1.06. The van der Waals surface area contributed by atoms with Crippen molar-refractivity contribution in [2.24, 2.45) is 28.6 Å². The van der Waals surface area contributed by atoms with E-state index in [0.29, 0.717) is 12.8 Å². The largest absolute Gasteiger partial charge is 0.381 e. The summed E-state index contributed by atoms with van der Waals surface area (Å²) in [6.45, 7) is 5.58.